The van der Waals surface area contributed by atoms with Gasteiger partial charge < -0.3 is 10.1 Å². The van der Waals surface area contributed by atoms with Crippen LogP contribution in [0.3, 0.4) is 0 Å². The van der Waals surface area contributed by atoms with Crippen LogP contribution in [0.2, 0.25) is 0 Å². The molecule has 2 rings (SSSR count). The maximum Gasteiger partial charge on any atom is 0.0897 e. The van der Waals surface area contributed by atoms with Crippen LogP contribution in [0.5, 0.6) is 0 Å². The van der Waals surface area contributed by atoms with Gasteiger partial charge in [-0.15, -0.1) is 11.3 Å². The Morgan fingerprint density at radius 1 is 1.61 bits per heavy atom. The van der Waals surface area contributed by atoms with E-state index in [4.69, 9.17) is 4.74 Å². The molecule has 1 fully saturated rings. The van der Waals surface area contributed by atoms with Crippen LogP contribution in [-0.2, 0) is 4.74 Å². The summed E-state index contributed by atoms with van der Waals surface area (Å²) in [5.74, 6) is 0. The van der Waals surface area contributed by atoms with Gasteiger partial charge in [0.25, 0.3) is 0 Å². The van der Waals surface area contributed by atoms with Crippen molar-refractivity contribution >= 4 is 11.3 Å². The molecule has 1 saturated heterocycles. The molecule has 2 heterocycles. The minimum atomic E-state index is 0.459. The largest absolute Gasteiger partial charge is 0.378 e. The molecule has 3 nitrogen and oxygen atoms in total. The fourth-order valence-electron chi connectivity index (χ4n) is 2.43. The molecule has 0 aromatic carbocycles. The molecule has 2 atom stereocenters. The van der Waals surface area contributed by atoms with Gasteiger partial charge in [-0.25, -0.2) is 4.98 Å². The molecule has 1 aromatic heterocycles. The molecule has 1 N–H and O–H groups in total. The molecule has 18 heavy (non-hydrogen) atoms. The Hall–Kier alpha value is -0.450. The summed E-state index contributed by atoms with van der Waals surface area (Å²) < 4.78 is 5.71. The molecule has 0 amide bonds. The number of hydrogen-bond acceptors (Lipinski definition) is 4. The Kier molecular flexibility index (Phi) is 5.60. The molecule has 4 heteroatoms. The minimum Gasteiger partial charge on any atom is -0.378 e. The summed E-state index contributed by atoms with van der Waals surface area (Å²) in [5, 5.41) is 4.80. The minimum absolute atomic E-state index is 0.459. The molecule has 1 aromatic rings. The van der Waals surface area contributed by atoms with Crippen molar-refractivity contribution in [1.29, 1.82) is 0 Å². The van der Waals surface area contributed by atoms with Gasteiger partial charge in [0.15, 0.2) is 0 Å². The number of nitrogens with zero attached hydrogens (tertiary/aromatic N) is 1. The first-order valence-corrected chi connectivity index (χ1v) is 7.88. The van der Waals surface area contributed by atoms with Gasteiger partial charge in [-0.05, 0) is 45.6 Å². The zero-order valence-electron chi connectivity index (χ0n) is 11.4. The fraction of sp³-hybridized carbons (Fsp3) is 0.786. The van der Waals surface area contributed by atoms with Gasteiger partial charge in [0.1, 0.15) is 0 Å². The molecular formula is C14H24N2OS. The summed E-state index contributed by atoms with van der Waals surface area (Å²) in [6.07, 6.45) is 8.49. The van der Waals surface area contributed by atoms with E-state index in [0.29, 0.717) is 12.1 Å². The first-order chi connectivity index (χ1) is 8.79. The first kappa shape index (κ1) is 14.0. The highest BCUT2D eigenvalue weighted by molar-refractivity contribution is 7.11. The summed E-state index contributed by atoms with van der Waals surface area (Å²) in [5.41, 5.74) is 0. The SMILES string of the molecule is CCCNC(CCC1CCCO1)c1cnc(C)s1. The third-order valence-corrected chi connectivity index (χ3v) is 4.45. The quantitative estimate of drug-likeness (QED) is 0.822. The average molecular weight is 268 g/mol. The molecule has 1 aliphatic heterocycles. The predicted octanol–water partition coefficient (Wildman–Crippen LogP) is 3.45. The summed E-state index contributed by atoms with van der Waals surface area (Å²) >= 11 is 1.81. The van der Waals surface area contributed by atoms with Crippen LogP contribution in [-0.4, -0.2) is 24.2 Å². The van der Waals surface area contributed by atoms with Crippen molar-refractivity contribution in [2.24, 2.45) is 0 Å². The van der Waals surface area contributed by atoms with Crippen molar-refractivity contribution in [2.75, 3.05) is 13.2 Å². The second-order valence-electron chi connectivity index (χ2n) is 5.00. The van der Waals surface area contributed by atoms with E-state index in [1.807, 2.05) is 17.5 Å². The summed E-state index contributed by atoms with van der Waals surface area (Å²) in [6, 6.07) is 0.459. The van der Waals surface area contributed by atoms with Gasteiger partial charge in [-0.1, -0.05) is 6.92 Å². The Morgan fingerprint density at radius 2 is 2.50 bits per heavy atom. The van der Waals surface area contributed by atoms with Crippen LogP contribution in [0.25, 0.3) is 0 Å². The second kappa shape index (κ2) is 7.22. The molecular weight excluding hydrogens is 244 g/mol. The van der Waals surface area contributed by atoms with Gasteiger partial charge in [0, 0.05) is 23.7 Å². The van der Waals surface area contributed by atoms with Crippen molar-refractivity contribution in [3.05, 3.63) is 16.1 Å². The van der Waals surface area contributed by atoms with Crippen molar-refractivity contribution in [1.82, 2.24) is 10.3 Å². The van der Waals surface area contributed by atoms with Crippen molar-refractivity contribution in [3.8, 4) is 0 Å². The topological polar surface area (TPSA) is 34.1 Å². The Balaban J connectivity index is 1.87. The third kappa shape index (κ3) is 4.04. The number of ether oxygens (including phenoxy) is 1. The van der Waals surface area contributed by atoms with E-state index in [0.717, 1.165) is 24.6 Å². The number of nitrogens with one attached hydrogen (secondary N) is 1. The summed E-state index contributed by atoms with van der Waals surface area (Å²) in [4.78, 5) is 5.75. The van der Waals surface area contributed by atoms with E-state index in [9.17, 15) is 0 Å². The Labute approximate surface area is 114 Å². The third-order valence-electron chi connectivity index (χ3n) is 3.42. The molecule has 0 saturated carbocycles. The lowest BCUT2D eigenvalue weighted by Crippen LogP contribution is -2.22. The Bertz CT molecular complexity index is 347. The zero-order valence-corrected chi connectivity index (χ0v) is 12.3. The monoisotopic (exact) mass is 268 g/mol. The highest BCUT2D eigenvalue weighted by atomic mass is 32.1. The lowest BCUT2D eigenvalue weighted by molar-refractivity contribution is 0.0997. The van der Waals surface area contributed by atoms with Crippen LogP contribution in [0.1, 0.15) is 55.0 Å². The van der Waals surface area contributed by atoms with Gasteiger partial charge in [-0.3, -0.25) is 0 Å². The number of thiazole rings is 1. The maximum absolute atomic E-state index is 5.71. The van der Waals surface area contributed by atoms with Crippen LogP contribution in [0, 0.1) is 6.92 Å². The van der Waals surface area contributed by atoms with E-state index in [2.05, 4.69) is 24.1 Å². The number of rotatable bonds is 7. The second-order valence-corrected chi connectivity index (χ2v) is 6.27. The van der Waals surface area contributed by atoms with E-state index in [1.54, 1.807) is 0 Å². The van der Waals surface area contributed by atoms with E-state index < -0.39 is 0 Å². The molecule has 0 spiro atoms. The Morgan fingerprint density at radius 3 is 3.11 bits per heavy atom. The summed E-state index contributed by atoms with van der Waals surface area (Å²) in [6.45, 7) is 6.32. The molecule has 2 unspecified atom stereocenters. The van der Waals surface area contributed by atoms with Gasteiger partial charge in [-0.2, -0.15) is 0 Å². The van der Waals surface area contributed by atoms with Crippen LogP contribution < -0.4 is 5.32 Å². The number of aromatic nitrogens is 1. The zero-order chi connectivity index (χ0) is 12.8. The highest BCUT2D eigenvalue weighted by Gasteiger charge is 2.19. The fourth-order valence-corrected chi connectivity index (χ4v) is 3.32. The molecule has 1 aliphatic rings. The maximum atomic E-state index is 5.71. The lowest BCUT2D eigenvalue weighted by atomic mass is 10.0. The van der Waals surface area contributed by atoms with Gasteiger partial charge in [0.05, 0.1) is 11.1 Å². The predicted molar refractivity (Wildman–Crippen MR) is 76.1 cm³/mol. The summed E-state index contributed by atoms with van der Waals surface area (Å²) in [7, 11) is 0. The van der Waals surface area contributed by atoms with Crippen molar-refractivity contribution < 1.29 is 4.74 Å². The van der Waals surface area contributed by atoms with E-state index in [1.165, 1.54) is 30.6 Å². The molecule has 0 radical (unpaired) electrons. The molecule has 102 valence electrons. The van der Waals surface area contributed by atoms with Crippen LogP contribution in [0.15, 0.2) is 6.20 Å². The number of hydrogen-bond donors (Lipinski definition) is 1. The molecule has 0 aliphatic carbocycles. The number of aryl methyl sites for hydroxylation is 1. The van der Waals surface area contributed by atoms with Crippen molar-refractivity contribution in [3.63, 3.8) is 0 Å². The van der Waals surface area contributed by atoms with Gasteiger partial charge >= 0.3 is 0 Å². The molecule has 0 bridgehead atoms. The van der Waals surface area contributed by atoms with Gasteiger partial charge in [0.2, 0.25) is 0 Å². The lowest BCUT2D eigenvalue weighted by Gasteiger charge is -2.18. The van der Waals surface area contributed by atoms with E-state index >= 15 is 0 Å². The van der Waals surface area contributed by atoms with E-state index in [-0.39, 0.29) is 0 Å². The highest BCUT2D eigenvalue weighted by Crippen LogP contribution is 2.27. The normalized spacial score (nSPS) is 21.3. The first-order valence-electron chi connectivity index (χ1n) is 7.07. The standard InChI is InChI=1S/C14H24N2OS/c1-3-8-15-13(14-10-16-11(2)18-14)7-6-12-5-4-9-17-12/h10,12-13,15H,3-9H2,1-2H3. The van der Waals surface area contributed by atoms with Crippen LogP contribution in [0.4, 0.5) is 0 Å². The smallest absolute Gasteiger partial charge is 0.0897 e. The average Bonchev–Trinajstić information content (AvgIpc) is 3.01. The van der Waals surface area contributed by atoms with Crippen molar-refractivity contribution in [2.45, 2.75) is 58.1 Å². The van der Waals surface area contributed by atoms with Crippen LogP contribution >= 0.6 is 11.3 Å².